The van der Waals surface area contributed by atoms with E-state index in [2.05, 4.69) is 44.5 Å². The number of fused-ring (bicyclic) bond motifs is 3. The van der Waals surface area contributed by atoms with Crippen LogP contribution in [0.25, 0.3) is 22.1 Å². The van der Waals surface area contributed by atoms with Crippen molar-refractivity contribution in [1.82, 2.24) is 44.6 Å². The van der Waals surface area contributed by atoms with Gasteiger partial charge in [-0.15, -0.1) is 21.5 Å². The molecule has 0 spiro atoms. The summed E-state index contributed by atoms with van der Waals surface area (Å²) in [4.78, 5) is 60.0. The van der Waals surface area contributed by atoms with Crippen molar-refractivity contribution in [2.75, 3.05) is 32.7 Å². The zero-order valence-corrected chi connectivity index (χ0v) is 41.7. The lowest BCUT2D eigenvalue weighted by Gasteiger charge is -2.33. The minimum atomic E-state index is -5.08. The number of alkyl halides is 3. The molecule has 3 aromatic carbocycles. The number of benzene rings is 3. The van der Waals surface area contributed by atoms with Gasteiger partial charge in [-0.25, -0.2) is 19.3 Å². The first-order valence-electron chi connectivity index (χ1n) is 23.5. The van der Waals surface area contributed by atoms with Crippen LogP contribution in [-0.2, 0) is 20.9 Å². The zero-order valence-electron chi connectivity index (χ0n) is 40.1. The number of aromatic amines is 1. The second-order valence-corrected chi connectivity index (χ2v) is 20.3. The van der Waals surface area contributed by atoms with Crippen molar-refractivity contribution in [2.45, 2.75) is 85.0 Å². The van der Waals surface area contributed by atoms with Crippen molar-refractivity contribution in [3.8, 4) is 33.6 Å². The van der Waals surface area contributed by atoms with Gasteiger partial charge in [-0.2, -0.15) is 18.3 Å². The molecule has 380 valence electrons. The molecule has 3 aliphatic heterocycles. The Hall–Kier alpha value is -6.84. The van der Waals surface area contributed by atoms with Gasteiger partial charge in [-0.3, -0.25) is 24.0 Å². The number of thiophene rings is 1. The molecule has 0 saturated carbocycles. The van der Waals surface area contributed by atoms with E-state index in [0.29, 0.717) is 53.8 Å². The number of nitrogens with one attached hydrogen (secondary N) is 2. The number of piperidine rings is 1. The maximum Gasteiger partial charge on any atom is 0.490 e. The number of aromatic hydroxyl groups is 2. The van der Waals surface area contributed by atoms with Crippen LogP contribution in [0.4, 0.5) is 13.2 Å². The monoisotopic (exact) mass is 1030 g/mol. The fourth-order valence-electron chi connectivity index (χ4n) is 9.40. The van der Waals surface area contributed by atoms with Crippen molar-refractivity contribution in [2.24, 2.45) is 16.8 Å². The number of carbonyl (C=O) groups is 3. The molecule has 1 unspecified atom stereocenters. The average Bonchev–Trinajstić information content (AvgIpc) is 4.12. The number of halogens is 4. The molecule has 9 rings (SSSR count). The minimum absolute atomic E-state index is 0.00712. The first kappa shape index (κ1) is 51.5. The third kappa shape index (κ3) is 11.0. The molecule has 17 nitrogen and oxygen atoms in total. The molecule has 6 aromatic rings. The lowest BCUT2D eigenvalue weighted by atomic mass is 9.95. The number of hydrogen-bond donors (Lipinski definition) is 5. The SMILES string of the molecule is Cc1sc2c(c1C)C(c1ccc(Cl)cc1)=N[C@@H](CC(=O)NCC1CCN(C(=O)C3CCN(Cc4ccc(-n5c(-c6cc(C(C)C)c(O)cc6O)n[nH]c5=O)cc4)CC3)C1)c1nnc(C)n1-2.O=C(O)C(F)(F)F. The third-order valence-electron chi connectivity index (χ3n) is 13.4. The lowest BCUT2D eigenvalue weighted by Crippen LogP contribution is -2.42. The van der Waals surface area contributed by atoms with E-state index < -0.39 is 23.9 Å². The van der Waals surface area contributed by atoms with Gasteiger partial charge in [0.2, 0.25) is 11.8 Å². The topological polar surface area (TPSA) is 224 Å². The van der Waals surface area contributed by atoms with Gasteiger partial charge < -0.3 is 25.5 Å². The molecular weight excluding hydrogens is 977 g/mol. The number of H-pyrrole nitrogens is 1. The Bertz CT molecular complexity index is 3080. The molecule has 2 saturated heterocycles. The number of phenols is 2. The Morgan fingerprint density at radius 3 is 2.26 bits per heavy atom. The van der Waals surface area contributed by atoms with Gasteiger partial charge in [0, 0.05) is 59.2 Å². The highest BCUT2D eigenvalue weighted by Gasteiger charge is 2.38. The normalized spacial score (nSPS) is 17.2. The highest BCUT2D eigenvalue weighted by Crippen LogP contribution is 2.40. The number of carbonyl (C=O) groups excluding carboxylic acids is 2. The molecule has 2 atom stereocenters. The molecule has 3 aliphatic rings. The summed E-state index contributed by atoms with van der Waals surface area (Å²) in [6.45, 7) is 14.1. The molecule has 2 amide bonds. The van der Waals surface area contributed by atoms with Gasteiger partial charge in [0.05, 0.1) is 23.4 Å². The maximum atomic E-state index is 13.8. The summed E-state index contributed by atoms with van der Waals surface area (Å²) in [7, 11) is 0. The van der Waals surface area contributed by atoms with Crippen LogP contribution in [0.2, 0.25) is 5.02 Å². The van der Waals surface area contributed by atoms with Crippen LogP contribution in [0.15, 0.2) is 70.5 Å². The molecular formula is C50H54ClF3N10O7S. The minimum Gasteiger partial charge on any atom is -0.508 e. The van der Waals surface area contributed by atoms with Gasteiger partial charge in [0.15, 0.2) is 11.6 Å². The second-order valence-electron chi connectivity index (χ2n) is 18.6. The first-order chi connectivity index (χ1) is 34.2. The smallest absolute Gasteiger partial charge is 0.490 e. The van der Waals surface area contributed by atoms with Crippen molar-refractivity contribution in [3.63, 3.8) is 0 Å². The molecule has 0 bridgehead atoms. The number of carboxylic acids is 1. The summed E-state index contributed by atoms with van der Waals surface area (Å²) >= 11 is 7.94. The molecule has 0 aliphatic carbocycles. The summed E-state index contributed by atoms with van der Waals surface area (Å²) in [5.41, 5.74) is 6.08. The highest BCUT2D eigenvalue weighted by atomic mass is 35.5. The van der Waals surface area contributed by atoms with Gasteiger partial charge in [-0.1, -0.05) is 49.7 Å². The number of nitrogens with zero attached hydrogens (tertiary/aromatic N) is 8. The molecule has 22 heteroatoms. The van der Waals surface area contributed by atoms with Crippen LogP contribution in [0.3, 0.4) is 0 Å². The van der Waals surface area contributed by atoms with Gasteiger partial charge in [0.25, 0.3) is 0 Å². The zero-order chi connectivity index (χ0) is 51.8. The maximum absolute atomic E-state index is 13.8. The molecule has 5 N–H and O–H groups in total. The summed E-state index contributed by atoms with van der Waals surface area (Å²) in [6.07, 6.45) is -2.60. The van der Waals surface area contributed by atoms with Crippen LogP contribution in [0, 0.1) is 32.6 Å². The van der Waals surface area contributed by atoms with Gasteiger partial charge in [0.1, 0.15) is 28.4 Å². The number of amides is 2. The predicted molar refractivity (Wildman–Crippen MR) is 264 cm³/mol. The lowest BCUT2D eigenvalue weighted by molar-refractivity contribution is -0.192. The van der Waals surface area contributed by atoms with Crippen LogP contribution in [0.1, 0.15) is 95.8 Å². The quantitative estimate of drug-likeness (QED) is 0.0843. The number of aliphatic imine (C=N–C) groups is 1. The predicted octanol–water partition coefficient (Wildman–Crippen LogP) is 7.78. The van der Waals surface area contributed by atoms with E-state index in [1.165, 1.54) is 15.5 Å². The van der Waals surface area contributed by atoms with Crippen LogP contribution in [-0.4, -0.2) is 117 Å². The summed E-state index contributed by atoms with van der Waals surface area (Å²) in [6, 6.07) is 17.7. The largest absolute Gasteiger partial charge is 0.508 e. The molecule has 0 radical (unpaired) electrons. The number of aromatic nitrogens is 6. The number of hydrogen-bond acceptors (Lipinski definition) is 12. The third-order valence-corrected chi connectivity index (χ3v) is 14.8. The van der Waals surface area contributed by atoms with E-state index in [-0.39, 0.29) is 53.3 Å². The fraction of sp³-hybridized carbons (Fsp3) is 0.400. The van der Waals surface area contributed by atoms with E-state index in [9.17, 15) is 37.8 Å². The van der Waals surface area contributed by atoms with Gasteiger partial charge in [-0.05, 0) is 112 Å². The van der Waals surface area contributed by atoms with Gasteiger partial charge >= 0.3 is 17.8 Å². The second kappa shape index (κ2) is 21.1. The Morgan fingerprint density at radius 2 is 1.61 bits per heavy atom. The molecule has 3 aromatic heterocycles. The van der Waals surface area contributed by atoms with E-state index in [4.69, 9.17) is 26.5 Å². The fourth-order valence-corrected chi connectivity index (χ4v) is 10.7. The van der Waals surface area contributed by atoms with Crippen LogP contribution >= 0.6 is 22.9 Å². The van der Waals surface area contributed by atoms with Crippen molar-refractivity contribution in [1.29, 1.82) is 0 Å². The van der Waals surface area contributed by atoms with Crippen molar-refractivity contribution < 1.29 is 42.9 Å². The number of likely N-dealkylation sites (tertiary alicyclic amines) is 2. The summed E-state index contributed by atoms with van der Waals surface area (Å²) in [5.74, 6) is -1.14. The van der Waals surface area contributed by atoms with E-state index >= 15 is 0 Å². The molecule has 72 heavy (non-hydrogen) atoms. The Labute approximate surface area is 421 Å². The van der Waals surface area contributed by atoms with E-state index in [1.807, 2.05) is 78.8 Å². The van der Waals surface area contributed by atoms with E-state index in [1.54, 1.807) is 17.4 Å². The average molecular weight is 1030 g/mol. The Kier molecular flexibility index (Phi) is 15.1. The Balaban J connectivity index is 0.000000923. The van der Waals surface area contributed by atoms with Crippen LogP contribution < -0.4 is 11.0 Å². The number of rotatable bonds is 11. The summed E-state index contributed by atoms with van der Waals surface area (Å²) in [5, 5.41) is 48.6. The summed E-state index contributed by atoms with van der Waals surface area (Å²) < 4.78 is 35.2. The van der Waals surface area contributed by atoms with Crippen molar-refractivity contribution >= 4 is 46.4 Å². The van der Waals surface area contributed by atoms with E-state index in [0.717, 1.165) is 71.1 Å². The number of aryl methyl sites for hydroxylation is 2. The molecule has 2 fully saturated rings. The first-order valence-corrected chi connectivity index (χ1v) is 24.6. The number of aliphatic carboxylic acids is 1. The van der Waals surface area contributed by atoms with Crippen molar-refractivity contribution in [3.05, 3.63) is 121 Å². The Morgan fingerprint density at radius 1 is 0.931 bits per heavy atom. The number of phenolic OH excluding ortho intramolecular Hbond substituents is 2. The number of carboxylic acid groups (broad SMARTS) is 1. The molecule has 6 heterocycles. The highest BCUT2D eigenvalue weighted by molar-refractivity contribution is 7.15. The van der Waals surface area contributed by atoms with Crippen LogP contribution in [0.5, 0.6) is 11.5 Å². The standard InChI is InChI=1S/C48H53ClN10O5S.C2HF3O2/c1-26(2)36-20-37(40(61)22-39(36)60)44-53-55-48(64)59(44)35-12-6-30(7-13-35)24-56-17-15-33(16-18-56)46(63)57-19-14-31(25-57)23-50-41(62)21-38-45-54-52-29(5)58(45)47-42(27(3)28(4)65-47)43(51-38)32-8-10-34(49)11-9-32;3-2(4,5)1(6)7/h6-13,20,22,26,31,33,38,60-61H,14-19,21,23-25H2,1-5H3,(H,50,62)(H,55,64);(H,6,7)/t31?,38-;/m0./s1.